The number of rotatable bonds is 5. The fourth-order valence-electron chi connectivity index (χ4n) is 3.24. The van der Waals surface area contributed by atoms with Gasteiger partial charge in [0.1, 0.15) is 5.82 Å². The van der Waals surface area contributed by atoms with Crippen molar-refractivity contribution in [3.05, 3.63) is 6.20 Å². The zero-order valence-corrected chi connectivity index (χ0v) is 12.8. The van der Waals surface area contributed by atoms with E-state index in [2.05, 4.69) is 37.7 Å². The molecule has 0 saturated heterocycles. The molecule has 0 spiro atoms. The number of nitrogens with zero attached hydrogens (tertiary/aromatic N) is 3. The molecule has 2 atom stereocenters. The van der Waals surface area contributed by atoms with Crippen molar-refractivity contribution in [3.8, 4) is 0 Å². The van der Waals surface area contributed by atoms with Gasteiger partial charge in [-0.2, -0.15) is 15.1 Å². The van der Waals surface area contributed by atoms with Gasteiger partial charge >= 0.3 is 0 Å². The average molecular weight is 288 g/mol. The second-order valence-corrected chi connectivity index (χ2v) is 5.76. The normalized spacial score (nSPS) is 22.4. The molecule has 2 aromatic heterocycles. The molecule has 6 heteroatoms. The summed E-state index contributed by atoms with van der Waals surface area (Å²) >= 11 is 0. The first-order valence-electron chi connectivity index (χ1n) is 8.03. The molecule has 6 nitrogen and oxygen atoms in total. The molecule has 2 unspecified atom stereocenters. The predicted molar refractivity (Wildman–Crippen MR) is 85.5 cm³/mol. The molecule has 1 fully saturated rings. The molecule has 0 aliphatic heterocycles. The summed E-state index contributed by atoms with van der Waals surface area (Å²) < 4.78 is 0. The van der Waals surface area contributed by atoms with Gasteiger partial charge in [0.25, 0.3) is 0 Å². The van der Waals surface area contributed by atoms with Gasteiger partial charge in [-0.25, -0.2) is 0 Å². The summed E-state index contributed by atoms with van der Waals surface area (Å²) in [5.74, 6) is 2.29. The van der Waals surface area contributed by atoms with Crippen LogP contribution >= 0.6 is 0 Å². The molecule has 0 amide bonds. The van der Waals surface area contributed by atoms with Gasteiger partial charge in [-0.15, -0.1) is 0 Å². The number of H-pyrrole nitrogens is 1. The third kappa shape index (κ3) is 2.94. The van der Waals surface area contributed by atoms with Gasteiger partial charge in [-0.05, 0) is 25.7 Å². The average Bonchev–Trinajstić information content (AvgIpc) is 2.97. The third-order valence-electron chi connectivity index (χ3n) is 4.40. The van der Waals surface area contributed by atoms with Crippen LogP contribution in [0.2, 0.25) is 0 Å². The molecule has 114 valence electrons. The Morgan fingerprint density at radius 3 is 2.90 bits per heavy atom. The largest absolute Gasteiger partial charge is 0.366 e. The Bertz CT molecular complexity index is 593. The van der Waals surface area contributed by atoms with E-state index in [-0.39, 0.29) is 0 Å². The summed E-state index contributed by atoms with van der Waals surface area (Å²) in [6.45, 7) is 5.13. The van der Waals surface area contributed by atoms with Gasteiger partial charge in [-0.1, -0.05) is 26.2 Å². The maximum Gasteiger partial charge on any atom is 0.226 e. The van der Waals surface area contributed by atoms with E-state index in [1.165, 1.54) is 32.1 Å². The second kappa shape index (κ2) is 6.28. The molecule has 3 N–H and O–H groups in total. The Balaban J connectivity index is 1.89. The Morgan fingerprint density at radius 1 is 1.24 bits per heavy atom. The van der Waals surface area contributed by atoms with Crippen LogP contribution in [-0.4, -0.2) is 32.8 Å². The minimum Gasteiger partial charge on any atom is -0.366 e. The van der Waals surface area contributed by atoms with Gasteiger partial charge in [0, 0.05) is 12.6 Å². The van der Waals surface area contributed by atoms with E-state index in [9.17, 15) is 0 Å². The molecule has 21 heavy (non-hydrogen) atoms. The van der Waals surface area contributed by atoms with E-state index in [0.29, 0.717) is 12.0 Å². The van der Waals surface area contributed by atoms with Crippen molar-refractivity contribution in [1.82, 2.24) is 20.2 Å². The molecule has 3 rings (SSSR count). The van der Waals surface area contributed by atoms with Crippen LogP contribution in [-0.2, 0) is 0 Å². The Labute approximate surface area is 125 Å². The number of hydrogen-bond donors (Lipinski definition) is 3. The zero-order valence-electron chi connectivity index (χ0n) is 12.8. The molecule has 2 heterocycles. The van der Waals surface area contributed by atoms with Gasteiger partial charge in [-0.3, -0.25) is 5.10 Å². The van der Waals surface area contributed by atoms with Crippen molar-refractivity contribution in [2.24, 2.45) is 5.92 Å². The van der Waals surface area contributed by atoms with Crippen LogP contribution in [0.1, 0.15) is 46.0 Å². The minimum atomic E-state index is 0.506. The fourth-order valence-corrected chi connectivity index (χ4v) is 3.24. The summed E-state index contributed by atoms with van der Waals surface area (Å²) in [4.78, 5) is 9.07. The van der Waals surface area contributed by atoms with Crippen molar-refractivity contribution in [2.45, 2.75) is 52.0 Å². The summed E-state index contributed by atoms with van der Waals surface area (Å²) in [7, 11) is 0. The zero-order chi connectivity index (χ0) is 14.7. The SMILES string of the molecule is CCNc1nc(NC2CCCCC2CC)c2cn[nH]c2n1. The first kappa shape index (κ1) is 14.1. The molecule has 0 bridgehead atoms. The van der Waals surface area contributed by atoms with Crippen LogP contribution in [0, 0.1) is 5.92 Å². The Morgan fingerprint density at radius 2 is 2.10 bits per heavy atom. The van der Waals surface area contributed by atoms with Crippen LogP contribution in [0.25, 0.3) is 11.0 Å². The van der Waals surface area contributed by atoms with Crippen LogP contribution in [0.5, 0.6) is 0 Å². The van der Waals surface area contributed by atoms with Gasteiger partial charge in [0.2, 0.25) is 5.95 Å². The van der Waals surface area contributed by atoms with E-state index in [4.69, 9.17) is 0 Å². The van der Waals surface area contributed by atoms with Crippen molar-refractivity contribution < 1.29 is 0 Å². The van der Waals surface area contributed by atoms with Gasteiger partial charge in [0.15, 0.2) is 5.65 Å². The van der Waals surface area contributed by atoms with Crippen LogP contribution < -0.4 is 10.6 Å². The quantitative estimate of drug-likeness (QED) is 0.787. The third-order valence-corrected chi connectivity index (χ3v) is 4.40. The molecule has 1 saturated carbocycles. The molecular weight excluding hydrogens is 264 g/mol. The van der Waals surface area contributed by atoms with Crippen LogP contribution in [0.15, 0.2) is 6.20 Å². The molecular formula is C15H24N6. The number of hydrogen-bond acceptors (Lipinski definition) is 5. The van der Waals surface area contributed by atoms with E-state index in [1.54, 1.807) is 6.20 Å². The first-order chi connectivity index (χ1) is 10.3. The topological polar surface area (TPSA) is 78.5 Å². The number of anilines is 2. The van der Waals surface area contributed by atoms with E-state index in [1.807, 2.05) is 6.92 Å². The van der Waals surface area contributed by atoms with Crippen molar-refractivity contribution in [1.29, 1.82) is 0 Å². The number of nitrogens with one attached hydrogen (secondary N) is 3. The van der Waals surface area contributed by atoms with Crippen LogP contribution in [0.3, 0.4) is 0 Å². The number of aromatic nitrogens is 4. The summed E-state index contributed by atoms with van der Waals surface area (Å²) in [6, 6.07) is 0.506. The molecule has 2 aromatic rings. The highest BCUT2D eigenvalue weighted by molar-refractivity contribution is 5.87. The molecule has 0 radical (unpaired) electrons. The van der Waals surface area contributed by atoms with Crippen LogP contribution in [0.4, 0.5) is 11.8 Å². The summed E-state index contributed by atoms with van der Waals surface area (Å²) in [5.41, 5.74) is 0.785. The molecule has 0 aromatic carbocycles. The summed E-state index contributed by atoms with van der Waals surface area (Å²) in [6.07, 6.45) is 8.21. The van der Waals surface area contributed by atoms with E-state index < -0.39 is 0 Å². The van der Waals surface area contributed by atoms with E-state index >= 15 is 0 Å². The highest BCUT2D eigenvalue weighted by Crippen LogP contribution is 2.30. The predicted octanol–water partition coefficient (Wildman–Crippen LogP) is 3.17. The number of aromatic amines is 1. The lowest BCUT2D eigenvalue weighted by molar-refractivity contribution is 0.317. The lowest BCUT2D eigenvalue weighted by Gasteiger charge is -2.32. The summed E-state index contributed by atoms with van der Waals surface area (Å²) in [5, 5.41) is 14.9. The highest BCUT2D eigenvalue weighted by atomic mass is 15.2. The molecule has 1 aliphatic rings. The van der Waals surface area contributed by atoms with Gasteiger partial charge in [0.05, 0.1) is 11.6 Å². The lowest BCUT2D eigenvalue weighted by atomic mass is 9.83. The van der Waals surface area contributed by atoms with Crippen molar-refractivity contribution in [3.63, 3.8) is 0 Å². The first-order valence-corrected chi connectivity index (χ1v) is 8.03. The smallest absolute Gasteiger partial charge is 0.226 e. The minimum absolute atomic E-state index is 0.506. The fraction of sp³-hybridized carbons (Fsp3) is 0.667. The number of fused-ring (bicyclic) bond motifs is 1. The second-order valence-electron chi connectivity index (χ2n) is 5.76. The molecule has 1 aliphatic carbocycles. The standard InChI is InChI=1S/C15H24N6/c1-3-10-7-5-6-8-12(10)18-13-11-9-17-21-14(11)20-15(19-13)16-4-2/h9-10,12H,3-8H2,1-2H3,(H3,16,17,18,19,20,21). The monoisotopic (exact) mass is 288 g/mol. The van der Waals surface area contributed by atoms with Crippen molar-refractivity contribution >= 4 is 22.8 Å². The highest BCUT2D eigenvalue weighted by Gasteiger charge is 2.24. The lowest BCUT2D eigenvalue weighted by Crippen LogP contribution is -2.32. The Kier molecular flexibility index (Phi) is 4.22. The van der Waals surface area contributed by atoms with E-state index in [0.717, 1.165) is 29.3 Å². The van der Waals surface area contributed by atoms with Gasteiger partial charge < -0.3 is 10.6 Å². The maximum atomic E-state index is 4.63. The Hall–Kier alpha value is -1.85. The van der Waals surface area contributed by atoms with Crippen molar-refractivity contribution in [2.75, 3.05) is 17.2 Å². The maximum absolute atomic E-state index is 4.63.